The highest BCUT2D eigenvalue weighted by atomic mass is 16.5. The molecule has 18 heavy (non-hydrogen) atoms. The molecular formula is C15H17NO2. The van der Waals surface area contributed by atoms with Crippen LogP contribution >= 0.6 is 0 Å². The maximum absolute atomic E-state index is 11.5. The first-order valence-corrected chi connectivity index (χ1v) is 5.88. The highest BCUT2D eigenvalue weighted by Gasteiger charge is 2.06. The Morgan fingerprint density at radius 3 is 2.78 bits per heavy atom. The number of carbonyl (C=O) groups is 1. The minimum atomic E-state index is -0.471. The molecule has 0 spiro atoms. The molecule has 0 atom stereocenters. The SMILES string of the molecule is Cc1cccc(C(C#N)=CC(=O)OCC(C)C)c1. The molecule has 94 valence electrons. The third-order valence-corrected chi connectivity index (χ3v) is 2.27. The largest absolute Gasteiger partial charge is 0.462 e. The van der Waals surface area contributed by atoms with Gasteiger partial charge in [-0.1, -0.05) is 43.7 Å². The van der Waals surface area contributed by atoms with Crippen LogP contribution in [-0.2, 0) is 9.53 Å². The van der Waals surface area contributed by atoms with Gasteiger partial charge in [0.2, 0.25) is 0 Å². The number of rotatable bonds is 4. The van der Waals surface area contributed by atoms with Gasteiger partial charge < -0.3 is 4.74 Å². The van der Waals surface area contributed by atoms with E-state index in [1.165, 1.54) is 6.08 Å². The van der Waals surface area contributed by atoms with Crippen LogP contribution in [0.1, 0.15) is 25.0 Å². The minimum absolute atomic E-state index is 0.284. The van der Waals surface area contributed by atoms with Crippen molar-refractivity contribution >= 4 is 11.5 Å². The van der Waals surface area contributed by atoms with E-state index in [-0.39, 0.29) is 5.92 Å². The second kappa shape index (κ2) is 6.61. The lowest BCUT2D eigenvalue weighted by molar-refractivity contribution is -0.138. The summed E-state index contributed by atoms with van der Waals surface area (Å²) in [6, 6.07) is 9.49. The fourth-order valence-corrected chi connectivity index (χ4v) is 1.40. The quantitative estimate of drug-likeness (QED) is 0.464. The number of ether oxygens (including phenoxy) is 1. The number of allylic oxidation sites excluding steroid dienone is 1. The van der Waals surface area contributed by atoms with E-state index in [9.17, 15) is 4.79 Å². The van der Waals surface area contributed by atoms with Crippen LogP contribution in [0.2, 0.25) is 0 Å². The molecule has 0 amide bonds. The number of nitrogens with zero attached hydrogens (tertiary/aromatic N) is 1. The van der Waals surface area contributed by atoms with E-state index >= 15 is 0 Å². The van der Waals surface area contributed by atoms with E-state index < -0.39 is 5.97 Å². The highest BCUT2D eigenvalue weighted by Crippen LogP contribution is 2.15. The molecular weight excluding hydrogens is 226 g/mol. The topological polar surface area (TPSA) is 50.1 Å². The van der Waals surface area contributed by atoms with Crippen LogP contribution in [0, 0.1) is 24.2 Å². The number of hydrogen-bond donors (Lipinski definition) is 0. The van der Waals surface area contributed by atoms with Crippen molar-refractivity contribution in [3.8, 4) is 6.07 Å². The van der Waals surface area contributed by atoms with Crippen molar-refractivity contribution in [2.75, 3.05) is 6.61 Å². The minimum Gasteiger partial charge on any atom is -0.462 e. The lowest BCUT2D eigenvalue weighted by Gasteiger charge is -2.05. The summed E-state index contributed by atoms with van der Waals surface area (Å²) >= 11 is 0. The number of hydrogen-bond acceptors (Lipinski definition) is 3. The highest BCUT2D eigenvalue weighted by molar-refractivity contribution is 5.95. The summed E-state index contributed by atoms with van der Waals surface area (Å²) in [6.45, 7) is 6.23. The van der Waals surface area contributed by atoms with Gasteiger partial charge in [0.25, 0.3) is 0 Å². The van der Waals surface area contributed by atoms with Crippen LogP contribution in [-0.4, -0.2) is 12.6 Å². The van der Waals surface area contributed by atoms with Gasteiger partial charge in [-0.05, 0) is 18.4 Å². The predicted molar refractivity (Wildman–Crippen MR) is 70.6 cm³/mol. The van der Waals surface area contributed by atoms with Gasteiger partial charge in [0.15, 0.2) is 0 Å². The van der Waals surface area contributed by atoms with Crippen molar-refractivity contribution in [2.24, 2.45) is 5.92 Å². The molecule has 0 N–H and O–H groups in total. The lowest BCUT2D eigenvalue weighted by Crippen LogP contribution is -2.07. The van der Waals surface area contributed by atoms with E-state index in [4.69, 9.17) is 10.00 Å². The number of benzene rings is 1. The van der Waals surface area contributed by atoms with Crippen molar-refractivity contribution in [1.29, 1.82) is 5.26 Å². The first kappa shape index (κ1) is 14.0. The molecule has 3 heteroatoms. The van der Waals surface area contributed by atoms with Gasteiger partial charge in [-0.3, -0.25) is 0 Å². The summed E-state index contributed by atoms with van der Waals surface area (Å²) in [5.74, 6) is -0.186. The molecule has 0 heterocycles. The van der Waals surface area contributed by atoms with Gasteiger partial charge >= 0.3 is 5.97 Å². The summed E-state index contributed by atoms with van der Waals surface area (Å²) in [5, 5.41) is 9.07. The van der Waals surface area contributed by atoms with Gasteiger partial charge in [-0.15, -0.1) is 0 Å². The van der Waals surface area contributed by atoms with Crippen LogP contribution in [0.25, 0.3) is 5.57 Å². The Bertz CT molecular complexity index is 495. The second-order valence-corrected chi connectivity index (χ2v) is 4.56. The maximum atomic E-state index is 11.5. The van der Waals surface area contributed by atoms with Crippen molar-refractivity contribution in [3.63, 3.8) is 0 Å². The van der Waals surface area contributed by atoms with Gasteiger partial charge in [-0.25, -0.2) is 4.79 Å². The van der Waals surface area contributed by atoms with Crippen molar-refractivity contribution < 1.29 is 9.53 Å². The lowest BCUT2D eigenvalue weighted by atomic mass is 10.0. The third-order valence-electron chi connectivity index (χ3n) is 2.27. The molecule has 3 nitrogen and oxygen atoms in total. The Labute approximate surface area is 108 Å². The van der Waals surface area contributed by atoms with Gasteiger partial charge in [-0.2, -0.15) is 5.26 Å². The number of nitriles is 1. The normalized spacial score (nSPS) is 11.2. The van der Waals surface area contributed by atoms with Gasteiger partial charge in [0.05, 0.1) is 12.2 Å². The maximum Gasteiger partial charge on any atom is 0.332 e. The Kier molecular flexibility index (Phi) is 5.13. The second-order valence-electron chi connectivity index (χ2n) is 4.56. The number of esters is 1. The van der Waals surface area contributed by atoms with Crippen LogP contribution in [0.4, 0.5) is 0 Å². The van der Waals surface area contributed by atoms with Gasteiger partial charge in [0.1, 0.15) is 6.07 Å². The predicted octanol–water partition coefficient (Wildman–Crippen LogP) is 3.10. The third kappa shape index (κ3) is 4.42. The monoisotopic (exact) mass is 243 g/mol. The van der Waals surface area contributed by atoms with E-state index in [0.29, 0.717) is 12.2 Å². The van der Waals surface area contributed by atoms with Crippen molar-refractivity contribution in [2.45, 2.75) is 20.8 Å². The molecule has 0 fully saturated rings. The fourth-order valence-electron chi connectivity index (χ4n) is 1.40. The van der Waals surface area contributed by atoms with E-state index in [0.717, 1.165) is 11.1 Å². The molecule has 0 aromatic heterocycles. The number of carbonyl (C=O) groups excluding carboxylic acids is 1. The zero-order valence-electron chi connectivity index (χ0n) is 10.9. The van der Waals surface area contributed by atoms with E-state index in [2.05, 4.69) is 0 Å². The zero-order valence-corrected chi connectivity index (χ0v) is 10.9. The Morgan fingerprint density at radius 1 is 1.50 bits per heavy atom. The van der Waals surface area contributed by atoms with E-state index in [1.807, 2.05) is 45.0 Å². The zero-order chi connectivity index (χ0) is 13.5. The first-order valence-electron chi connectivity index (χ1n) is 5.88. The molecule has 0 aliphatic heterocycles. The fraction of sp³-hybridized carbons (Fsp3) is 0.333. The van der Waals surface area contributed by atoms with Crippen LogP contribution in [0.15, 0.2) is 30.3 Å². The van der Waals surface area contributed by atoms with Gasteiger partial charge in [0, 0.05) is 6.08 Å². The molecule has 0 bridgehead atoms. The molecule has 0 aliphatic rings. The first-order chi connectivity index (χ1) is 8.52. The van der Waals surface area contributed by atoms with E-state index in [1.54, 1.807) is 6.07 Å². The molecule has 0 saturated heterocycles. The summed E-state index contributed by atoms with van der Waals surface area (Å²) in [7, 11) is 0. The average molecular weight is 243 g/mol. The number of aryl methyl sites for hydroxylation is 1. The summed E-state index contributed by atoms with van der Waals surface area (Å²) in [5.41, 5.74) is 2.11. The summed E-state index contributed by atoms with van der Waals surface area (Å²) in [4.78, 5) is 11.5. The summed E-state index contributed by atoms with van der Waals surface area (Å²) in [6.07, 6.45) is 1.25. The smallest absolute Gasteiger partial charge is 0.332 e. The van der Waals surface area contributed by atoms with Crippen molar-refractivity contribution in [1.82, 2.24) is 0 Å². The standard InChI is InChI=1S/C15H17NO2/c1-11(2)10-18-15(17)8-14(9-16)13-6-4-5-12(3)7-13/h4-8,11H,10H2,1-3H3. The molecule has 1 aromatic carbocycles. The molecule has 0 radical (unpaired) electrons. The Balaban J connectivity index is 2.84. The van der Waals surface area contributed by atoms with Crippen molar-refractivity contribution in [3.05, 3.63) is 41.5 Å². The molecule has 1 aromatic rings. The Morgan fingerprint density at radius 2 is 2.22 bits per heavy atom. The van der Waals surface area contributed by atoms with Crippen LogP contribution < -0.4 is 0 Å². The molecule has 1 rings (SSSR count). The average Bonchev–Trinajstić information content (AvgIpc) is 2.33. The van der Waals surface area contributed by atoms with Crippen LogP contribution in [0.5, 0.6) is 0 Å². The molecule has 0 unspecified atom stereocenters. The Hall–Kier alpha value is -2.08. The molecule has 0 aliphatic carbocycles. The molecule has 0 saturated carbocycles. The van der Waals surface area contributed by atoms with Crippen LogP contribution in [0.3, 0.4) is 0 Å². The summed E-state index contributed by atoms with van der Waals surface area (Å²) < 4.78 is 5.02.